The maximum Gasteiger partial charge on any atom is 0.419 e. The molecule has 2 atom stereocenters. The molecule has 10 nitrogen and oxygen atoms in total. The number of aromatic nitrogens is 2. The van der Waals surface area contributed by atoms with E-state index < -0.39 is 0 Å². The van der Waals surface area contributed by atoms with E-state index >= 15 is 0 Å². The highest BCUT2D eigenvalue weighted by atomic mass is 79.9. The molecule has 54 heavy (non-hydrogen) atoms. The van der Waals surface area contributed by atoms with Gasteiger partial charge >= 0.3 is 11.5 Å². The summed E-state index contributed by atoms with van der Waals surface area (Å²) in [6, 6.07) is 19.6. The van der Waals surface area contributed by atoms with Crippen LogP contribution >= 0.6 is 15.9 Å². The Morgan fingerprint density at radius 3 is 2.09 bits per heavy atom. The number of piperazine rings is 2. The van der Waals surface area contributed by atoms with Crippen molar-refractivity contribution in [2.24, 2.45) is 0 Å². The summed E-state index contributed by atoms with van der Waals surface area (Å²) in [7, 11) is 0. The molecular weight excluding hydrogens is 751 g/mol. The third-order valence-corrected chi connectivity index (χ3v) is 12.6. The number of anilines is 1. The summed E-state index contributed by atoms with van der Waals surface area (Å²) in [6.07, 6.45) is 8.52. The fourth-order valence-electron chi connectivity index (χ4n) is 9.15. The van der Waals surface area contributed by atoms with Crippen LogP contribution in [0.5, 0.6) is 0 Å². The van der Waals surface area contributed by atoms with Crippen molar-refractivity contribution in [3.05, 3.63) is 97.6 Å². The highest BCUT2D eigenvalue weighted by molar-refractivity contribution is 9.10. The Kier molecular flexibility index (Phi) is 11.7. The van der Waals surface area contributed by atoms with Crippen LogP contribution < -0.4 is 16.4 Å². The number of benzene rings is 3. The molecule has 2 unspecified atom stereocenters. The summed E-state index contributed by atoms with van der Waals surface area (Å²) < 4.78 is 30.2. The molecule has 1 saturated carbocycles. The molecule has 0 spiro atoms. The number of hydrogen-bond donors (Lipinski definition) is 0. The van der Waals surface area contributed by atoms with Crippen LogP contribution in [0.2, 0.25) is 0 Å². The molecule has 4 heterocycles. The molecule has 0 bridgehead atoms. The van der Waals surface area contributed by atoms with Gasteiger partial charge in [0, 0.05) is 81.5 Å². The number of unbranched alkanes of at least 4 members (excludes halogenated alkanes) is 2. The minimum Gasteiger partial charge on any atom is -0.408 e. The maximum atomic E-state index is 14.2. The van der Waals surface area contributed by atoms with Crippen LogP contribution in [0.4, 0.5) is 10.1 Å². The Labute approximate surface area is 324 Å². The number of aryl methyl sites for hydroxylation is 2. The lowest BCUT2D eigenvalue weighted by Crippen LogP contribution is -2.51. The quantitative estimate of drug-likeness (QED) is 0.116. The molecule has 0 amide bonds. The van der Waals surface area contributed by atoms with E-state index in [-0.39, 0.29) is 17.3 Å². The number of para-hydroxylation sites is 2. The van der Waals surface area contributed by atoms with Gasteiger partial charge in [0.1, 0.15) is 5.82 Å². The predicted octanol–water partition coefficient (Wildman–Crippen LogP) is 7.13. The topological polar surface area (TPSA) is 83.2 Å². The van der Waals surface area contributed by atoms with Crippen LogP contribution in [0.3, 0.4) is 0 Å². The van der Waals surface area contributed by atoms with E-state index in [1.54, 1.807) is 10.6 Å². The summed E-state index contributed by atoms with van der Waals surface area (Å²) in [4.78, 5) is 35.4. The number of oxazole rings is 2. The third-order valence-electron chi connectivity index (χ3n) is 12.1. The van der Waals surface area contributed by atoms with E-state index in [1.807, 2.05) is 41.0 Å². The molecule has 1 aliphatic carbocycles. The molecular formula is C42H52BrFN6O4. The lowest BCUT2D eigenvalue weighted by Gasteiger charge is -2.42. The predicted molar refractivity (Wildman–Crippen MR) is 215 cm³/mol. The van der Waals surface area contributed by atoms with Gasteiger partial charge in [-0.3, -0.25) is 18.9 Å². The Hall–Kier alpha value is -3.71. The van der Waals surface area contributed by atoms with Crippen molar-refractivity contribution < 1.29 is 13.2 Å². The summed E-state index contributed by atoms with van der Waals surface area (Å²) >= 11 is 3.50. The number of nitrogens with zero attached hydrogens (tertiary/aromatic N) is 6. The fourth-order valence-corrected chi connectivity index (χ4v) is 9.50. The lowest BCUT2D eigenvalue weighted by atomic mass is 9.80. The molecule has 3 fully saturated rings. The standard InChI is InChI=1S/C42H52BrFN6O4/c43-32-15-16-39-38(30-32)50(41(51)53-39)20-6-4-17-45-21-25-47(26-22-45)33-10-7-9-31(29-33)34-11-8-14-37-40(34)54-42(52)49(37)19-5-3-18-46-23-27-48(28-24-46)36-13-2-1-12-35(36)44/h1-2,8,11-16,30-31,33H,3-7,9-10,17-29H2. The Bertz CT molecular complexity index is 2140. The van der Waals surface area contributed by atoms with E-state index in [9.17, 15) is 14.0 Å². The molecule has 3 aromatic carbocycles. The Balaban J connectivity index is 0.791. The van der Waals surface area contributed by atoms with Crippen molar-refractivity contribution in [2.75, 3.05) is 70.3 Å². The smallest absolute Gasteiger partial charge is 0.408 e. The minimum absolute atomic E-state index is 0.153. The van der Waals surface area contributed by atoms with Crippen molar-refractivity contribution in [1.82, 2.24) is 23.8 Å². The summed E-state index contributed by atoms with van der Waals surface area (Å²) in [6.45, 7) is 11.1. The van der Waals surface area contributed by atoms with Crippen LogP contribution in [-0.4, -0.2) is 95.3 Å². The molecule has 2 aromatic heterocycles. The zero-order valence-corrected chi connectivity index (χ0v) is 32.7. The van der Waals surface area contributed by atoms with Crippen LogP contribution in [0, 0.1) is 5.82 Å². The van der Waals surface area contributed by atoms with Crippen molar-refractivity contribution in [3.8, 4) is 0 Å². The molecule has 8 rings (SSSR count). The Morgan fingerprint density at radius 2 is 1.35 bits per heavy atom. The van der Waals surface area contributed by atoms with Gasteiger partial charge in [0.15, 0.2) is 11.2 Å². The average molecular weight is 804 g/mol. The molecule has 12 heteroatoms. The van der Waals surface area contributed by atoms with Crippen LogP contribution in [0.1, 0.15) is 62.8 Å². The van der Waals surface area contributed by atoms with Crippen LogP contribution in [-0.2, 0) is 13.1 Å². The number of hydrogen-bond acceptors (Lipinski definition) is 8. The van der Waals surface area contributed by atoms with Crippen molar-refractivity contribution >= 4 is 43.8 Å². The van der Waals surface area contributed by atoms with Gasteiger partial charge in [-0.15, -0.1) is 0 Å². The van der Waals surface area contributed by atoms with Crippen molar-refractivity contribution in [3.63, 3.8) is 0 Å². The third kappa shape index (κ3) is 8.27. The first-order chi connectivity index (χ1) is 26.4. The van der Waals surface area contributed by atoms with Gasteiger partial charge in [-0.2, -0.15) is 0 Å². The second-order valence-corrected chi connectivity index (χ2v) is 16.4. The highest BCUT2D eigenvalue weighted by Gasteiger charge is 2.31. The number of halogens is 2. The zero-order valence-electron chi connectivity index (χ0n) is 31.1. The molecule has 5 aromatic rings. The molecule has 0 N–H and O–H groups in total. The first-order valence-corrected chi connectivity index (χ1v) is 20.8. The normalized spacial score (nSPS) is 20.7. The van der Waals surface area contributed by atoms with Gasteiger partial charge in [-0.25, -0.2) is 14.0 Å². The summed E-state index contributed by atoms with van der Waals surface area (Å²) in [5.41, 5.74) is 5.07. The molecule has 2 saturated heterocycles. The summed E-state index contributed by atoms with van der Waals surface area (Å²) in [5.74, 6) is -0.303. The van der Waals surface area contributed by atoms with Gasteiger partial charge in [0.25, 0.3) is 0 Å². The van der Waals surface area contributed by atoms with Gasteiger partial charge < -0.3 is 18.6 Å². The van der Waals surface area contributed by atoms with Crippen LogP contribution in [0.15, 0.2) is 83.6 Å². The van der Waals surface area contributed by atoms with Crippen LogP contribution in [0.25, 0.3) is 22.2 Å². The van der Waals surface area contributed by atoms with E-state index in [0.29, 0.717) is 36.3 Å². The van der Waals surface area contributed by atoms with E-state index in [0.717, 1.165) is 125 Å². The van der Waals surface area contributed by atoms with E-state index in [1.165, 1.54) is 24.5 Å². The minimum atomic E-state index is -0.282. The largest absolute Gasteiger partial charge is 0.419 e. The average Bonchev–Trinajstić information content (AvgIpc) is 3.69. The number of rotatable bonds is 13. The van der Waals surface area contributed by atoms with E-state index in [4.69, 9.17) is 8.83 Å². The van der Waals surface area contributed by atoms with Gasteiger partial charge in [0.2, 0.25) is 0 Å². The molecule has 2 aliphatic heterocycles. The van der Waals surface area contributed by atoms with E-state index in [2.05, 4.69) is 47.7 Å². The molecule has 3 aliphatic rings. The zero-order chi connectivity index (χ0) is 37.0. The highest BCUT2D eigenvalue weighted by Crippen LogP contribution is 2.38. The molecule has 288 valence electrons. The second kappa shape index (κ2) is 17.0. The monoisotopic (exact) mass is 802 g/mol. The SMILES string of the molecule is O=c1oc2ccc(Br)cc2n1CCCCN1CCN(C2CCCC(c3cccc4c3oc(=O)n4CCCCN3CCN(c4ccccc4F)CC3)C2)CC1. The Morgan fingerprint density at radius 1 is 0.685 bits per heavy atom. The van der Waals surface area contributed by atoms with Gasteiger partial charge in [0.05, 0.1) is 16.7 Å². The lowest BCUT2D eigenvalue weighted by molar-refractivity contribution is 0.0738. The van der Waals surface area contributed by atoms with Gasteiger partial charge in [-0.05, 0) is 100 Å². The number of fused-ring (bicyclic) bond motifs is 2. The van der Waals surface area contributed by atoms with Crippen molar-refractivity contribution in [1.29, 1.82) is 0 Å². The maximum absolute atomic E-state index is 14.2. The summed E-state index contributed by atoms with van der Waals surface area (Å²) in [5, 5.41) is 0. The fraction of sp³-hybridized carbons (Fsp3) is 0.524. The first kappa shape index (κ1) is 37.2. The first-order valence-electron chi connectivity index (χ1n) is 20.0. The van der Waals surface area contributed by atoms with Gasteiger partial charge in [-0.1, -0.05) is 46.6 Å². The van der Waals surface area contributed by atoms with Crippen molar-refractivity contribution in [2.45, 2.75) is 76.4 Å². The molecule has 0 radical (unpaired) electrons. The second-order valence-electron chi connectivity index (χ2n) is 15.4.